The average molecular weight is 211 g/mol. The van der Waals surface area contributed by atoms with E-state index in [2.05, 4.69) is 0 Å². The van der Waals surface area contributed by atoms with Crippen LogP contribution in [0.25, 0.3) is 0 Å². The topological polar surface area (TPSA) is 63.3 Å². The van der Waals surface area contributed by atoms with Gasteiger partial charge in [0, 0.05) is 15.8 Å². The highest BCUT2D eigenvalue weighted by atomic mass is 32.2. The normalized spacial score (nSPS) is 10.5. The van der Waals surface area contributed by atoms with E-state index in [1.54, 1.807) is 12.1 Å². The van der Waals surface area contributed by atoms with Gasteiger partial charge in [0.2, 0.25) is 0 Å². The quantitative estimate of drug-likeness (QED) is 0.595. The van der Waals surface area contributed by atoms with Crippen LogP contribution in [0.5, 0.6) is 0 Å². The first-order chi connectivity index (χ1) is 6.50. The summed E-state index contributed by atoms with van der Waals surface area (Å²) >= 11 is 1.53. The molecule has 1 rings (SSSR count). The Morgan fingerprint density at radius 1 is 1.50 bits per heavy atom. The summed E-state index contributed by atoms with van der Waals surface area (Å²) in [5.41, 5.74) is 6.29. The van der Waals surface area contributed by atoms with E-state index in [0.29, 0.717) is 10.9 Å². The molecule has 0 heterocycles. The minimum atomic E-state index is -0.930. The lowest BCUT2D eigenvalue weighted by atomic mass is 10.2. The Morgan fingerprint density at radius 2 is 2.14 bits per heavy atom. The zero-order valence-electron chi connectivity index (χ0n) is 8.15. The van der Waals surface area contributed by atoms with Crippen molar-refractivity contribution in [2.75, 3.05) is 5.73 Å². The summed E-state index contributed by atoms with van der Waals surface area (Å²) in [5.74, 6) is -0.930. The van der Waals surface area contributed by atoms with Crippen LogP contribution in [-0.2, 0) is 0 Å². The van der Waals surface area contributed by atoms with Crippen LogP contribution in [-0.4, -0.2) is 16.3 Å². The highest BCUT2D eigenvalue weighted by molar-refractivity contribution is 8.00. The fourth-order valence-corrected chi connectivity index (χ4v) is 2.00. The van der Waals surface area contributed by atoms with Gasteiger partial charge >= 0.3 is 5.97 Å². The van der Waals surface area contributed by atoms with Crippen LogP contribution in [0.15, 0.2) is 23.1 Å². The standard InChI is InChI=1S/C10H13NO2S/c1-6(2)14-9-4-3-7(11)5-8(9)10(12)13/h3-6H,11H2,1-2H3,(H,12,13). The van der Waals surface area contributed by atoms with Crippen molar-refractivity contribution in [2.24, 2.45) is 0 Å². The Morgan fingerprint density at radius 3 is 2.64 bits per heavy atom. The van der Waals surface area contributed by atoms with Crippen molar-refractivity contribution in [1.29, 1.82) is 0 Å². The van der Waals surface area contributed by atoms with E-state index in [-0.39, 0.29) is 5.56 Å². The Labute approximate surface area is 87.3 Å². The third-order valence-corrected chi connectivity index (χ3v) is 2.68. The number of carbonyl (C=O) groups is 1. The first-order valence-electron chi connectivity index (χ1n) is 4.30. The number of rotatable bonds is 3. The molecule has 0 aromatic heterocycles. The van der Waals surface area contributed by atoms with Crippen molar-refractivity contribution in [3.05, 3.63) is 23.8 Å². The molecule has 4 heteroatoms. The highest BCUT2D eigenvalue weighted by Crippen LogP contribution is 2.28. The molecule has 3 nitrogen and oxygen atoms in total. The second-order valence-electron chi connectivity index (χ2n) is 3.23. The van der Waals surface area contributed by atoms with Crippen LogP contribution in [0.1, 0.15) is 24.2 Å². The third kappa shape index (κ3) is 2.67. The molecular formula is C10H13NO2S. The number of anilines is 1. The van der Waals surface area contributed by atoms with Crippen molar-refractivity contribution >= 4 is 23.4 Å². The van der Waals surface area contributed by atoms with E-state index in [1.807, 2.05) is 13.8 Å². The number of thioether (sulfide) groups is 1. The van der Waals surface area contributed by atoms with E-state index >= 15 is 0 Å². The maximum absolute atomic E-state index is 10.9. The molecule has 1 aromatic carbocycles. The zero-order valence-corrected chi connectivity index (χ0v) is 8.97. The predicted octanol–water partition coefficient (Wildman–Crippen LogP) is 2.47. The van der Waals surface area contributed by atoms with Crippen LogP contribution in [0, 0.1) is 0 Å². The van der Waals surface area contributed by atoms with Gasteiger partial charge in [0.1, 0.15) is 0 Å². The summed E-state index contributed by atoms with van der Waals surface area (Å²) in [6.07, 6.45) is 0. The van der Waals surface area contributed by atoms with E-state index in [9.17, 15) is 4.79 Å². The summed E-state index contributed by atoms with van der Waals surface area (Å²) < 4.78 is 0. The van der Waals surface area contributed by atoms with Crippen molar-refractivity contribution in [3.8, 4) is 0 Å². The molecule has 0 aliphatic carbocycles. The van der Waals surface area contributed by atoms with Gasteiger partial charge in [-0.15, -0.1) is 11.8 Å². The smallest absolute Gasteiger partial charge is 0.336 e. The Balaban J connectivity index is 3.08. The van der Waals surface area contributed by atoms with Gasteiger partial charge in [0.15, 0.2) is 0 Å². The summed E-state index contributed by atoms with van der Waals surface area (Å²) in [7, 11) is 0. The molecule has 0 atom stereocenters. The SMILES string of the molecule is CC(C)Sc1ccc(N)cc1C(=O)O. The molecule has 0 fully saturated rings. The van der Waals surface area contributed by atoms with E-state index in [1.165, 1.54) is 17.8 Å². The fourth-order valence-electron chi connectivity index (χ4n) is 1.07. The van der Waals surface area contributed by atoms with Gasteiger partial charge in [-0.2, -0.15) is 0 Å². The van der Waals surface area contributed by atoms with Gasteiger partial charge in [-0.25, -0.2) is 4.79 Å². The number of carboxylic acids is 1. The Hall–Kier alpha value is -1.16. The van der Waals surface area contributed by atoms with Gasteiger partial charge < -0.3 is 10.8 Å². The lowest BCUT2D eigenvalue weighted by Gasteiger charge is -2.08. The maximum atomic E-state index is 10.9. The number of nitrogen functional groups attached to an aromatic ring is 1. The van der Waals surface area contributed by atoms with E-state index in [0.717, 1.165) is 4.90 Å². The molecule has 76 valence electrons. The molecule has 1 aromatic rings. The Bertz CT molecular complexity index is 350. The number of carboxylic acid groups (broad SMARTS) is 1. The van der Waals surface area contributed by atoms with Crippen molar-refractivity contribution in [3.63, 3.8) is 0 Å². The number of benzene rings is 1. The Kier molecular flexibility index (Phi) is 3.41. The first-order valence-corrected chi connectivity index (χ1v) is 5.18. The monoisotopic (exact) mass is 211 g/mol. The number of hydrogen-bond acceptors (Lipinski definition) is 3. The summed E-state index contributed by atoms with van der Waals surface area (Å²) in [6, 6.07) is 4.97. The van der Waals surface area contributed by atoms with Crippen LogP contribution >= 0.6 is 11.8 Å². The van der Waals surface area contributed by atoms with Gasteiger partial charge in [0.05, 0.1) is 5.56 Å². The predicted molar refractivity (Wildman–Crippen MR) is 58.8 cm³/mol. The largest absolute Gasteiger partial charge is 0.478 e. The van der Waals surface area contributed by atoms with Gasteiger partial charge in [-0.05, 0) is 18.2 Å². The van der Waals surface area contributed by atoms with E-state index in [4.69, 9.17) is 10.8 Å². The molecule has 0 saturated heterocycles. The minimum absolute atomic E-state index is 0.281. The number of aromatic carboxylic acids is 1. The van der Waals surface area contributed by atoms with Gasteiger partial charge in [-0.3, -0.25) is 0 Å². The second kappa shape index (κ2) is 4.37. The molecule has 3 N–H and O–H groups in total. The van der Waals surface area contributed by atoms with Crippen LogP contribution in [0.3, 0.4) is 0 Å². The lowest BCUT2D eigenvalue weighted by molar-refractivity contribution is 0.0693. The summed E-state index contributed by atoms with van der Waals surface area (Å²) in [6.45, 7) is 4.04. The minimum Gasteiger partial charge on any atom is -0.478 e. The average Bonchev–Trinajstić information content (AvgIpc) is 2.07. The molecule has 0 amide bonds. The van der Waals surface area contributed by atoms with Crippen LogP contribution < -0.4 is 5.73 Å². The molecule has 0 saturated carbocycles. The van der Waals surface area contributed by atoms with Crippen molar-refractivity contribution in [2.45, 2.75) is 24.0 Å². The van der Waals surface area contributed by atoms with Crippen molar-refractivity contribution in [1.82, 2.24) is 0 Å². The van der Waals surface area contributed by atoms with E-state index < -0.39 is 5.97 Å². The first kappa shape index (κ1) is 10.9. The molecule has 14 heavy (non-hydrogen) atoms. The fraction of sp³-hybridized carbons (Fsp3) is 0.300. The lowest BCUT2D eigenvalue weighted by Crippen LogP contribution is -2.01. The van der Waals surface area contributed by atoms with Crippen LogP contribution in [0.2, 0.25) is 0 Å². The summed E-state index contributed by atoms with van der Waals surface area (Å²) in [5, 5.41) is 9.29. The highest BCUT2D eigenvalue weighted by Gasteiger charge is 2.11. The van der Waals surface area contributed by atoms with Crippen molar-refractivity contribution < 1.29 is 9.90 Å². The summed E-state index contributed by atoms with van der Waals surface area (Å²) in [4.78, 5) is 11.7. The molecule has 0 radical (unpaired) electrons. The molecular weight excluding hydrogens is 198 g/mol. The molecule has 0 bridgehead atoms. The second-order valence-corrected chi connectivity index (χ2v) is 4.85. The van der Waals surface area contributed by atoms with Gasteiger partial charge in [0.25, 0.3) is 0 Å². The number of hydrogen-bond donors (Lipinski definition) is 2. The molecule has 0 spiro atoms. The number of nitrogens with two attached hydrogens (primary N) is 1. The van der Waals surface area contributed by atoms with Gasteiger partial charge in [-0.1, -0.05) is 13.8 Å². The molecule has 0 aliphatic rings. The third-order valence-electron chi connectivity index (χ3n) is 1.60. The zero-order chi connectivity index (χ0) is 10.7. The molecule has 0 aliphatic heterocycles. The molecule has 0 unspecified atom stereocenters. The maximum Gasteiger partial charge on any atom is 0.336 e. The van der Waals surface area contributed by atoms with Crippen LogP contribution in [0.4, 0.5) is 5.69 Å².